The number of fused-ring (bicyclic) bond motifs is 1. The second-order valence-electron chi connectivity index (χ2n) is 7.18. The molecule has 1 aliphatic carbocycles. The van der Waals surface area contributed by atoms with Crippen molar-refractivity contribution in [1.29, 1.82) is 5.26 Å². The maximum atomic E-state index is 12.7. The predicted octanol–water partition coefficient (Wildman–Crippen LogP) is 3.92. The molecule has 1 aromatic rings. The van der Waals surface area contributed by atoms with Crippen molar-refractivity contribution in [3.8, 4) is 6.07 Å². The molecular weight excluding hydrogens is 284 g/mol. The monoisotopic (exact) mass is 310 g/mol. The molecule has 23 heavy (non-hydrogen) atoms. The third-order valence-corrected chi connectivity index (χ3v) is 5.77. The van der Waals surface area contributed by atoms with Crippen LogP contribution < -0.4 is 0 Å². The number of likely N-dealkylation sites (tertiary alicyclic amines) is 1. The van der Waals surface area contributed by atoms with Gasteiger partial charge in [0.15, 0.2) is 0 Å². The van der Waals surface area contributed by atoms with Crippen molar-refractivity contribution >= 4 is 5.91 Å². The Labute approximate surface area is 139 Å². The molecule has 1 saturated heterocycles. The number of rotatable bonds is 3. The molecule has 3 nitrogen and oxygen atoms in total. The summed E-state index contributed by atoms with van der Waals surface area (Å²) in [4.78, 5) is 14.9. The fraction of sp³-hybridized carbons (Fsp3) is 0.600. The number of hydrogen-bond acceptors (Lipinski definition) is 2. The average Bonchev–Trinajstić information content (AvgIpc) is 2.60. The van der Waals surface area contributed by atoms with Crippen molar-refractivity contribution in [2.45, 2.75) is 57.9 Å². The first-order valence-corrected chi connectivity index (χ1v) is 8.97. The van der Waals surface area contributed by atoms with E-state index in [0.717, 1.165) is 36.8 Å². The molecule has 122 valence electrons. The van der Waals surface area contributed by atoms with Gasteiger partial charge < -0.3 is 4.90 Å². The predicted molar refractivity (Wildman–Crippen MR) is 90.7 cm³/mol. The lowest BCUT2D eigenvalue weighted by molar-refractivity contribution is -0.139. The molecule has 0 unspecified atom stereocenters. The van der Waals surface area contributed by atoms with E-state index >= 15 is 0 Å². The van der Waals surface area contributed by atoms with Crippen LogP contribution in [-0.2, 0) is 11.2 Å². The third kappa shape index (κ3) is 3.58. The van der Waals surface area contributed by atoms with E-state index in [9.17, 15) is 4.79 Å². The van der Waals surface area contributed by atoms with Gasteiger partial charge in [-0.2, -0.15) is 5.26 Å². The first kappa shape index (κ1) is 16.1. The first-order valence-electron chi connectivity index (χ1n) is 8.97. The van der Waals surface area contributed by atoms with Crippen LogP contribution in [0.5, 0.6) is 0 Å². The molecule has 1 aromatic carbocycles. The van der Waals surface area contributed by atoms with Crippen LogP contribution in [0.1, 0.15) is 56.6 Å². The van der Waals surface area contributed by atoms with Gasteiger partial charge in [0.1, 0.15) is 0 Å². The summed E-state index contributed by atoms with van der Waals surface area (Å²) in [5.74, 6) is 1.80. The van der Waals surface area contributed by atoms with Crippen LogP contribution in [-0.4, -0.2) is 23.4 Å². The zero-order chi connectivity index (χ0) is 16.2. The lowest BCUT2D eigenvalue weighted by atomic mass is 9.72. The van der Waals surface area contributed by atoms with Gasteiger partial charge in [0.2, 0.25) is 5.91 Å². The Bertz CT molecular complexity index is 587. The Kier molecular flexibility index (Phi) is 5.00. The maximum absolute atomic E-state index is 12.7. The Morgan fingerprint density at radius 1 is 1.22 bits per heavy atom. The molecule has 0 radical (unpaired) electrons. The van der Waals surface area contributed by atoms with Crippen molar-refractivity contribution in [3.05, 3.63) is 35.4 Å². The van der Waals surface area contributed by atoms with E-state index in [4.69, 9.17) is 5.26 Å². The summed E-state index contributed by atoms with van der Waals surface area (Å²) in [5.41, 5.74) is 1.82. The number of nitriles is 1. The quantitative estimate of drug-likeness (QED) is 0.849. The summed E-state index contributed by atoms with van der Waals surface area (Å²) in [5, 5.41) is 8.84. The molecule has 0 aromatic heterocycles. The van der Waals surface area contributed by atoms with Crippen molar-refractivity contribution in [1.82, 2.24) is 4.90 Å². The van der Waals surface area contributed by atoms with Crippen LogP contribution in [0.25, 0.3) is 0 Å². The minimum absolute atomic E-state index is 0.318. The molecule has 0 bridgehead atoms. The van der Waals surface area contributed by atoms with Crippen molar-refractivity contribution in [2.24, 2.45) is 11.8 Å². The zero-order valence-corrected chi connectivity index (χ0v) is 14.0. The maximum Gasteiger partial charge on any atom is 0.223 e. The summed E-state index contributed by atoms with van der Waals surface area (Å²) in [6, 6.07) is 10.2. The molecule has 1 amide bonds. The van der Waals surface area contributed by atoms with E-state index in [2.05, 4.69) is 17.9 Å². The topological polar surface area (TPSA) is 44.1 Å². The molecule has 2 aliphatic rings. The van der Waals surface area contributed by atoms with Crippen LogP contribution in [0.3, 0.4) is 0 Å². The lowest BCUT2D eigenvalue weighted by Crippen LogP contribution is -2.52. The van der Waals surface area contributed by atoms with Crippen molar-refractivity contribution < 1.29 is 4.79 Å². The van der Waals surface area contributed by atoms with Gasteiger partial charge in [-0.25, -0.2) is 0 Å². The highest BCUT2D eigenvalue weighted by atomic mass is 16.2. The van der Waals surface area contributed by atoms with Gasteiger partial charge in [0, 0.05) is 19.0 Å². The van der Waals surface area contributed by atoms with Crippen LogP contribution in [0, 0.1) is 23.2 Å². The Balaban J connectivity index is 1.59. The van der Waals surface area contributed by atoms with E-state index in [-0.39, 0.29) is 0 Å². The molecule has 1 heterocycles. The number of nitrogens with zero attached hydrogens (tertiary/aromatic N) is 2. The van der Waals surface area contributed by atoms with Gasteiger partial charge in [0.25, 0.3) is 0 Å². The summed E-state index contributed by atoms with van der Waals surface area (Å²) in [6.45, 7) is 3.30. The third-order valence-electron chi connectivity index (χ3n) is 5.77. The van der Waals surface area contributed by atoms with Gasteiger partial charge in [-0.1, -0.05) is 31.9 Å². The summed E-state index contributed by atoms with van der Waals surface area (Å²) in [7, 11) is 0. The van der Waals surface area contributed by atoms with Gasteiger partial charge in [-0.3, -0.25) is 4.79 Å². The normalized spacial score (nSPS) is 27.1. The number of hydrogen-bond donors (Lipinski definition) is 0. The van der Waals surface area contributed by atoms with Gasteiger partial charge >= 0.3 is 0 Å². The minimum atomic E-state index is 0.318. The summed E-state index contributed by atoms with van der Waals surface area (Å²) in [6.07, 6.45) is 7.61. The Hall–Kier alpha value is -1.82. The highest BCUT2D eigenvalue weighted by molar-refractivity contribution is 5.77. The number of amides is 1. The van der Waals surface area contributed by atoms with E-state index in [0.29, 0.717) is 23.9 Å². The number of aryl methyl sites for hydroxylation is 1. The molecule has 1 aliphatic heterocycles. The highest BCUT2D eigenvalue weighted by Gasteiger charge is 2.38. The van der Waals surface area contributed by atoms with E-state index in [1.807, 2.05) is 24.3 Å². The van der Waals surface area contributed by atoms with Crippen molar-refractivity contribution in [3.63, 3.8) is 0 Å². The second kappa shape index (κ2) is 7.17. The van der Waals surface area contributed by atoms with Gasteiger partial charge in [-0.15, -0.1) is 0 Å². The van der Waals surface area contributed by atoms with Crippen LogP contribution in [0.15, 0.2) is 24.3 Å². The molecule has 3 rings (SSSR count). The smallest absolute Gasteiger partial charge is 0.223 e. The molecule has 2 fully saturated rings. The standard InChI is InChI=1S/C20H26N2O/c1-15-12-13-22(19-5-3-2-4-18(15)19)20(23)11-10-16-6-8-17(14-21)9-7-16/h6-9,15,18-19H,2-5,10-13H2,1H3/t15-,18-,19+/m1/s1. The lowest BCUT2D eigenvalue weighted by Gasteiger charge is -2.47. The first-order chi connectivity index (χ1) is 11.2. The Morgan fingerprint density at radius 2 is 1.96 bits per heavy atom. The molecule has 1 saturated carbocycles. The highest BCUT2D eigenvalue weighted by Crippen LogP contribution is 2.39. The average molecular weight is 310 g/mol. The molecule has 0 N–H and O–H groups in total. The van der Waals surface area contributed by atoms with E-state index < -0.39 is 0 Å². The van der Waals surface area contributed by atoms with Gasteiger partial charge in [0.05, 0.1) is 11.6 Å². The number of carbonyl (C=O) groups is 1. The SMILES string of the molecule is C[C@@H]1CCN(C(=O)CCc2ccc(C#N)cc2)[C@H]2CCCC[C@H]12. The second-order valence-corrected chi connectivity index (χ2v) is 7.18. The number of carbonyl (C=O) groups excluding carboxylic acids is 1. The molecule has 0 spiro atoms. The molecule has 3 heteroatoms. The van der Waals surface area contributed by atoms with Crippen LogP contribution >= 0.6 is 0 Å². The minimum Gasteiger partial charge on any atom is -0.339 e. The van der Waals surface area contributed by atoms with Gasteiger partial charge in [-0.05, 0) is 55.2 Å². The van der Waals surface area contributed by atoms with Crippen LogP contribution in [0.2, 0.25) is 0 Å². The molecular formula is C20H26N2O. The van der Waals surface area contributed by atoms with E-state index in [1.165, 1.54) is 25.7 Å². The van der Waals surface area contributed by atoms with Crippen molar-refractivity contribution in [2.75, 3.05) is 6.54 Å². The van der Waals surface area contributed by atoms with E-state index in [1.54, 1.807) is 0 Å². The molecule has 3 atom stereocenters. The fourth-order valence-electron chi connectivity index (χ4n) is 4.36. The number of benzene rings is 1. The Morgan fingerprint density at radius 3 is 2.70 bits per heavy atom. The number of piperidine rings is 1. The largest absolute Gasteiger partial charge is 0.339 e. The summed E-state index contributed by atoms with van der Waals surface area (Å²) >= 11 is 0. The zero-order valence-electron chi connectivity index (χ0n) is 14.0. The fourth-order valence-corrected chi connectivity index (χ4v) is 4.36. The van der Waals surface area contributed by atoms with Crippen LogP contribution in [0.4, 0.5) is 0 Å². The summed E-state index contributed by atoms with van der Waals surface area (Å²) < 4.78 is 0.